The van der Waals surface area contributed by atoms with Gasteiger partial charge in [-0.3, -0.25) is 0 Å². The van der Waals surface area contributed by atoms with E-state index >= 15 is 0 Å². The Labute approximate surface area is 112 Å². The summed E-state index contributed by atoms with van der Waals surface area (Å²) in [6.45, 7) is 3.31. The second-order valence-corrected chi connectivity index (χ2v) is 4.99. The van der Waals surface area contributed by atoms with Crippen molar-refractivity contribution < 1.29 is 0 Å². The minimum atomic E-state index is 1.00. The first-order valence-corrected chi connectivity index (χ1v) is 7.11. The summed E-state index contributed by atoms with van der Waals surface area (Å²) >= 11 is 0. The summed E-state index contributed by atoms with van der Waals surface area (Å²) in [6.07, 6.45) is 9.94. The summed E-state index contributed by atoms with van der Waals surface area (Å²) in [5.74, 6) is 1.00. The van der Waals surface area contributed by atoms with Crippen LogP contribution in [-0.2, 0) is 0 Å². The standard InChI is InChI=1S/C15H27N3/c1-4-5-6-7-8-9-12-16-14-10-11-15(17-13-14)18(2)3/h10-11,13,16H,4-9,12H2,1-3H3. The SMILES string of the molecule is CCCCCCCCNc1ccc(N(C)C)nc1. The van der Waals surface area contributed by atoms with E-state index < -0.39 is 0 Å². The minimum absolute atomic E-state index is 1.00. The van der Waals surface area contributed by atoms with Crippen molar-refractivity contribution in [2.75, 3.05) is 30.9 Å². The smallest absolute Gasteiger partial charge is 0.128 e. The Morgan fingerprint density at radius 3 is 2.39 bits per heavy atom. The van der Waals surface area contributed by atoms with Crippen LogP contribution >= 0.6 is 0 Å². The van der Waals surface area contributed by atoms with Gasteiger partial charge in [0.05, 0.1) is 11.9 Å². The van der Waals surface area contributed by atoms with Gasteiger partial charge < -0.3 is 10.2 Å². The second-order valence-electron chi connectivity index (χ2n) is 4.99. The van der Waals surface area contributed by atoms with Crippen LogP contribution in [0, 0.1) is 0 Å². The van der Waals surface area contributed by atoms with Crippen LogP contribution in [0.1, 0.15) is 45.4 Å². The Kier molecular flexibility index (Phi) is 7.23. The van der Waals surface area contributed by atoms with Gasteiger partial charge in [-0.05, 0) is 18.6 Å². The van der Waals surface area contributed by atoms with Gasteiger partial charge in [0.2, 0.25) is 0 Å². The van der Waals surface area contributed by atoms with Crippen LogP contribution in [-0.4, -0.2) is 25.6 Å². The molecule has 1 heterocycles. The van der Waals surface area contributed by atoms with Crippen LogP contribution in [0.25, 0.3) is 0 Å². The molecule has 102 valence electrons. The predicted octanol–water partition coefficient (Wildman–Crippen LogP) is 3.92. The number of nitrogens with zero attached hydrogens (tertiary/aromatic N) is 2. The van der Waals surface area contributed by atoms with Gasteiger partial charge in [0.15, 0.2) is 0 Å². The molecule has 0 fully saturated rings. The number of hydrogen-bond acceptors (Lipinski definition) is 3. The fourth-order valence-electron chi connectivity index (χ4n) is 1.89. The zero-order valence-corrected chi connectivity index (χ0v) is 12.1. The third-order valence-electron chi connectivity index (χ3n) is 3.07. The van der Waals surface area contributed by atoms with E-state index in [9.17, 15) is 0 Å². The molecule has 0 bridgehead atoms. The Hall–Kier alpha value is -1.25. The number of aromatic nitrogens is 1. The highest BCUT2D eigenvalue weighted by molar-refractivity contribution is 5.47. The zero-order chi connectivity index (χ0) is 13.2. The molecule has 0 spiro atoms. The summed E-state index contributed by atoms with van der Waals surface area (Å²) in [5, 5.41) is 3.42. The molecule has 0 aromatic carbocycles. The van der Waals surface area contributed by atoms with Crippen LogP contribution in [0.3, 0.4) is 0 Å². The molecule has 0 aliphatic rings. The van der Waals surface area contributed by atoms with Crippen molar-refractivity contribution in [2.24, 2.45) is 0 Å². The summed E-state index contributed by atoms with van der Waals surface area (Å²) in [4.78, 5) is 6.39. The van der Waals surface area contributed by atoms with Crippen molar-refractivity contribution in [2.45, 2.75) is 45.4 Å². The average molecular weight is 249 g/mol. The monoisotopic (exact) mass is 249 g/mol. The van der Waals surface area contributed by atoms with E-state index in [2.05, 4.69) is 23.3 Å². The molecule has 0 atom stereocenters. The molecule has 0 amide bonds. The third-order valence-corrected chi connectivity index (χ3v) is 3.07. The number of nitrogens with one attached hydrogen (secondary N) is 1. The van der Waals surface area contributed by atoms with Gasteiger partial charge in [0.1, 0.15) is 5.82 Å². The lowest BCUT2D eigenvalue weighted by Gasteiger charge is -2.12. The molecule has 1 aromatic rings. The number of pyridine rings is 1. The maximum Gasteiger partial charge on any atom is 0.128 e. The zero-order valence-electron chi connectivity index (χ0n) is 12.1. The Morgan fingerprint density at radius 2 is 1.78 bits per heavy atom. The highest BCUT2D eigenvalue weighted by Gasteiger charge is 1.97. The van der Waals surface area contributed by atoms with Gasteiger partial charge in [0.25, 0.3) is 0 Å². The van der Waals surface area contributed by atoms with Crippen LogP contribution in [0.15, 0.2) is 18.3 Å². The molecule has 3 heteroatoms. The lowest BCUT2D eigenvalue weighted by Crippen LogP contribution is -2.10. The normalized spacial score (nSPS) is 10.4. The summed E-state index contributed by atoms with van der Waals surface area (Å²) in [6, 6.07) is 4.14. The number of hydrogen-bond donors (Lipinski definition) is 1. The van der Waals surface area contributed by atoms with E-state index in [4.69, 9.17) is 0 Å². The second kappa shape index (κ2) is 8.78. The predicted molar refractivity (Wildman–Crippen MR) is 80.4 cm³/mol. The molecule has 3 nitrogen and oxygen atoms in total. The maximum absolute atomic E-state index is 4.38. The lowest BCUT2D eigenvalue weighted by atomic mass is 10.1. The quantitative estimate of drug-likeness (QED) is 0.672. The van der Waals surface area contributed by atoms with E-state index in [0.29, 0.717) is 0 Å². The topological polar surface area (TPSA) is 28.2 Å². The van der Waals surface area contributed by atoms with Crippen molar-refractivity contribution in [3.63, 3.8) is 0 Å². The summed E-state index contributed by atoms with van der Waals surface area (Å²) in [5.41, 5.74) is 1.12. The highest BCUT2D eigenvalue weighted by Crippen LogP contribution is 2.12. The van der Waals surface area contributed by atoms with E-state index in [-0.39, 0.29) is 0 Å². The van der Waals surface area contributed by atoms with Crippen molar-refractivity contribution in [3.8, 4) is 0 Å². The molecule has 0 saturated carbocycles. The molecule has 0 aliphatic heterocycles. The van der Waals surface area contributed by atoms with Gasteiger partial charge in [-0.25, -0.2) is 4.98 Å². The van der Waals surface area contributed by atoms with Gasteiger partial charge in [-0.2, -0.15) is 0 Å². The average Bonchev–Trinajstić information content (AvgIpc) is 2.38. The van der Waals surface area contributed by atoms with Crippen LogP contribution in [0.2, 0.25) is 0 Å². The Morgan fingerprint density at radius 1 is 1.06 bits per heavy atom. The number of unbranched alkanes of at least 4 members (excludes halogenated alkanes) is 5. The highest BCUT2D eigenvalue weighted by atomic mass is 15.1. The minimum Gasteiger partial charge on any atom is -0.384 e. The van der Waals surface area contributed by atoms with Gasteiger partial charge in [-0.15, -0.1) is 0 Å². The number of anilines is 2. The molecule has 0 saturated heterocycles. The lowest BCUT2D eigenvalue weighted by molar-refractivity contribution is 0.617. The Balaban J connectivity index is 2.12. The molecule has 1 aromatic heterocycles. The largest absolute Gasteiger partial charge is 0.384 e. The summed E-state index contributed by atoms with van der Waals surface area (Å²) in [7, 11) is 4.01. The fraction of sp³-hybridized carbons (Fsp3) is 0.667. The van der Waals surface area contributed by atoms with Crippen molar-refractivity contribution in [1.29, 1.82) is 0 Å². The van der Waals surface area contributed by atoms with E-state index in [0.717, 1.165) is 18.1 Å². The van der Waals surface area contributed by atoms with Crippen molar-refractivity contribution in [1.82, 2.24) is 4.98 Å². The van der Waals surface area contributed by atoms with E-state index in [1.54, 1.807) is 0 Å². The van der Waals surface area contributed by atoms with Crippen molar-refractivity contribution in [3.05, 3.63) is 18.3 Å². The van der Waals surface area contributed by atoms with Gasteiger partial charge >= 0.3 is 0 Å². The van der Waals surface area contributed by atoms with Crippen LogP contribution in [0.4, 0.5) is 11.5 Å². The number of rotatable bonds is 9. The van der Waals surface area contributed by atoms with E-state index in [1.807, 2.05) is 31.3 Å². The third kappa shape index (κ3) is 5.89. The molecular weight excluding hydrogens is 222 g/mol. The Bertz CT molecular complexity index is 306. The molecule has 18 heavy (non-hydrogen) atoms. The first kappa shape index (κ1) is 14.8. The molecule has 0 radical (unpaired) electrons. The molecule has 1 N–H and O–H groups in total. The molecular formula is C15H27N3. The van der Waals surface area contributed by atoms with Gasteiger partial charge in [-0.1, -0.05) is 39.0 Å². The molecule has 0 unspecified atom stereocenters. The van der Waals surface area contributed by atoms with Crippen LogP contribution in [0.5, 0.6) is 0 Å². The summed E-state index contributed by atoms with van der Waals surface area (Å²) < 4.78 is 0. The molecule has 1 rings (SSSR count). The first-order chi connectivity index (χ1) is 8.74. The van der Waals surface area contributed by atoms with E-state index in [1.165, 1.54) is 38.5 Å². The van der Waals surface area contributed by atoms with Crippen LogP contribution < -0.4 is 10.2 Å². The first-order valence-electron chi connectivity index (χ1n) is 7.11. The fourth-order valence-corrected chi connectivity index (χ4v) is 1.89. The van der Waals surface area contributed by atoms with Gasteiger partial charge in [0, 0.05) is 20.6 Å². The maximum atomic E-state index is 4.38. The molecule has 0 aliphatic carbocycles. The van der Waals surface area contributed by atoms with Crippen molar-refractivity contribution >= 4 is 11.5 Å².